The van der Waals surface area contributed by atoms with E-state index >= 15 is 0 Å². The Balaban J connectivity index is 0.00000220. The van der Waals surface area contributed by atoms with Gasteiger partial charge in [0, 0.05) is 37.6 Å². The van der Waals surface area contributed by atoms with E-state index in [1.165, 1.54) is 0 Å². The first-order valence-electron chi connectivity index (χ1n) is 6.94. The quantitative estimate of drug-likeness (QED) is 0.750. The van der Waals surface area contributed by atoms with Gasteiger partial charge in [0.05, 0.1) is 5.92 Å². The fourth-order valence-electron chi connectivity index (χ4n) is 2.18. The van der Waals surface area contributed by atoms with E-state index in [0.29, 0.717) is 12.2 Å². The number of nitrogens with zero attached hydrogens (tertiary/aromatic N) is 1. The lowest BCUT2D eigenvalue weighted by Gasteiger charge is -2.21. The number of anilines is 1. The van der Waals surface area contributed by atoms with Gasteiger partial charge in [-0.3, -0.25) is 14.6 Å². The third kappa shape index (κ3) is 7.06. The van der Waals surface area contributed by atoms with Crippen LogP contribution in [0.1, 0.15) is 19.3 Å². The Morgan fingerprint density at radius 1 is 1.27 bits per heavy atom. The number of aromatic nitrogens is 1. The van der Waals surface area contributed by atoms with E-state index < -0.39 is 0 Å². The van der Waals surface area contributed by atoms with Crippen LogP contribution in [0.5, 0.6) is 0 Å². The summed E-state index contributed by atoms with van der Waals surface area (Å²) in [4.78, 5) is 27.4. The molecule has 0 aliphatic carbocycles. The number of pyridine rings is 1. The Hall–Kier alpha value is -1.37. The SMILES string of the molecule is Cl.Cl.O=C(CCNC(=O)C1CCCNC1)Nc1ccncc1. The number of piperidine rings is 1. The van der Waals surface area contributed by atoms with Gasteiger partial charge in [-0.15, -0.1) is 24.8 Å². The van der Waals surface area contributed by atoms with E-state index in [0.717, 1.165) is 25.9 Å². The molecule has 1 fully saturated rings. The second-order valence-electron chi connectivity index (χ2n) is 4.87. The summed E-state index contributed by atoms with van der Waals surface area (Å²) < 4.78 is 0. The summed E-state index contributed by atoms with van der Waals surface area (Å²) in [6, 6.07) is 3.45. The van der Waals surface area contributed by atoms with Crippen LogP contribution in [0.15, 0.2) is 24.5 Å². The van der Waals surface area contributed by atoms with Gasteiger partial charge in [0.1, 0.15) is 0 Å². The van der Waals surface area contributed by atoms with Gasteiger partial charge >= 0.3 is 0 Å². The average molecular weight is 349 g/mol. The van der Waals surface area contributed by atoms with Crippen LogP contribution in [0.2, 0.25) is 0 Å². The first-order chi connectivity index (χ1) is 9.75. The van der Waals surface area contributed by atoms with E-state index in [1.807, 2.05) is 0 Å². The number of amides is 2. The summed E-state index contributed by atoms with van der Waals surface area (Å²) in [5.41, 5.74) is 0.716. The van der Waals surface area contributed by atoms with E-state index in [9.17, 15) is 9.59 Å². The topological polar surface area (TPSA) is 83.1 Å². The van der Waals surface area contributed by atoms with Crippen molar-refractivity contribution in [3.63, 3.8) is 0 Å². The molecule has 0 bridgehead atoms. The lowest BCUT2D eigenvalue weighted by molar-refractivity contribution is -0.125. The predicted molar refractivity (Wildman–Crippen MR) is 90.6 cm³/mol. The monoisotopic (exact) mass is 348 g/mol. The Bertz CT molecular complexity index is 453. The molecule has 2 heterocycles. The Labute approximate surface area is 142 Å². The summed E-state index contributed by atoms with van der Waals surface area (Å²) in [5, 5.41) is 8.77. The summed E-state index contributed by atoms with van der Waals surface area (Å²) in [6.45, 7) is 2.08. The molecule has 6 nitrogen and oxygen atoms in total. The second-order valence-corrected chi connectivity index (χ2v) is 4.87. The van der Waals surface area contributed by atoms with Gasteiger partial charge in [-0.25, -0.2) is 0 Å². The molecule has 22 heavy (non-hydrogen) atoms. The van der Waals surface area contributed by atoms with Crippen molar-refractivity contribution < 1.29 is 9.59 Å². The number of rotatable bonds is 5. The molecule has 3 N–H and O–H groups in total. The zero-order chi connectivity index (χ0) is 14.2. The molecule has 1 aromatic heterocycles. The highest BCUT2D eigenvalue weighted by molar-refractivity contribution is 5.91. The van der Waals surface area contributed by atoms with Gasteiger partial charge in [-0.2, -0.15) is 0 Å². The Kier molecular flexibility index (Phi) is 10.5. The van der Waals surface area contributed by atoms with Gasteiger partial charge in [0.15, 0.2) is 0 Å². The van der Waals surface area contributed by atoms with Crippen molar-refractivity contribution in [3.05, 3.63) is 24.5 Å². The average Bonchev–Trinajstić information content (AvgIpc) is 2.49. The van der Waals surface area contributed by atoms with Crippen molar-refractivity contribution in [1.29, 1.82) is 0 Å². The highest BCUT2D eigenvalue weighted by Crippen LogP contribution is 2.09. The maximum Gasteiger partial charge on any atom is 0.226 e. The van der Waals surface area contributed by atoms with Crippen LogP contribution in [0, 0.1) is 5.92 Å². The molecule has 1 saturated heterocycles. The standard InChI is InChI=1S/C14H20N4O2.2ClH/c19-13(18-12-3-7-15-8-4-12)5-9-17-14(20)11-2-1-6-16-10-11;;/h3-4,7-8,11,16H,1-2,5-6,9-10H2,(H,17,20)(H,15,18,19);2*1H. The summed E-state index contributed by atoms with van der Waals surface area (Å²) in [7, 11) is 0. The molecule has 0 spiro atoms. The minimum absolute atomic E-state index is 0. The van der Waals surface area contributed by atoms with E-state index in [2.05, 4.69) is 20.9 Å². The van der Waals surface area contributed by atoms with Gasteiger partial charge < -0.3 is 16.0 Å². The van der Waals surface area contributed by atoms with Crippen LogP contribution in [0.4, 0.5) is 5.69 Å². The summed E-state index contributed by atoms with van der Waals surface area (Å²) >= 11 is 0. The lowest BCUT2D eigenvalue weighted by Crippen LogP contribution is -2.41. The van der Waals surface area contributed by atoms with Gasteiger partial charge in [0.25, 0.3) is 0 Å². The van der Waals surface area contributed by atoms with E-state index in [-0.39, 0.29) is 49.0 Å². The zero-order valence-electron chi connectivity index (χ0n) is 12.2. The van der Waals surface area contributed by atoms with Crippen molar-refractivity contribution >= 4 is 42.3 Å². The molecule has 0 radical (unpaired) electrons. The molecule has 8 heteroatoms. The fourth-order valence-corrected chi connectivity index (χ4v) is 2.18. The third-order valence-electron chi connectivity index (χ3n) is 3.28. The highest BCUT2D eigenvalue weighted by atomic mass is 35.5. The van der Waals surface area contributed by atoms with Crippen LogP contribution < -0.4 is 16.0 Å². The van der Waals surface area contributed by atoms with Crippen molar-refractivity contribution in [1.82, 2.24) is 15.6 Å². The molecule has 0 saturated carbocycles. The van der Waals surface area contributed by atoms with Gasteiger partial charge in [-0.05, 0) is 31.5 Å². The second kappa shape index (κ2) is 11.2. The third-order valence-corrected chi connectivity index (χ3v) is 3.28. The highest BCUT2D eigenvalue weighted by Gasteiger charge is 2.20. The predicted octanol–water partition coefficient (Wildman–Crippen LogP) is 1.37. The molecule has 0 aromatic carbocycles. The minimum atomic E-state index is -0.113. The molecule has 1 aliphatic heterocycles. The maximum absolute atomic E-state index is 11.8. The van der Waals surface area contributed by atoms with Gasteiger partial charge in [0.2, 0.25) is 11.8 Å². The molecule has 1 atom stereocenters. The zero-order valence-corrected chi connectivity index (χ0v) is 13.8. The van der Waals surface area contributed by atoms with Crippen molar-refractivity contribution in [2.75, 3.05) is 25.0 Å². The maximum atomic E-state index is 11.8. The molecule has 1 aromatic rings. The van der Waals surface area contributed by atoms with Crippen LogP contribution >= 0.6 is 24.8 Å². The number of carbonyl (C=O) groups excluding carboxylic acids is 2. The van der Waals surface area contributed by atoms with Crippen LogP contribution in [0.25, 0.3) is 0 Å². The first kappa shape index (κ1) is 20.6. The number of carbonyl (C=O) groups is 2. The molecular weight excluding hydrogens is 327 g/mol. The normalized spacial score (nSPS) is 16.6. The summed E-state index contributed by atoms with van der Waals surface area (Å²) in [5.74, 6) is -0.0424. The molecule has 124 valence electrons. The van der Waals surface area contributed by atoms with E-state index in [4.69, 9.17) is 0 Å². The lowest BCUT2D eigenvalue weighted by atomic mass is 9.99. The molecule has 1 aliphatic rings. The number of nitrogens with one attached hydrogen (secondary N) is 3. The Morgan fingerprint density at radius 3 is 2.64 bits per heavy atom. The number of hydrogen-bond acceptors (Lipinski definition) is 4. The molecule has 2 amide bonds. The van der Waals surface area contributed by atoms with Crippen molar-refractivity contribution in [2.45, 2.75) is 19.3 Å². The molecule has 1 unspecified atom stereocenters. The van der Waals surface area contributed by atoms with Crippen molar-refractivity contribution in [2.24, 2.45) is 5.92 Å². The molecule has 2 rings (SSSR count). The smallest absolute Gasteiger partial charge is 0.226 e. The van der Waals surface area contributed by atoms with Crippen LogP contribution in [0.3, 0.4) is 0 Å². The summed E-state index contributed by atoms with van der Waals surface area (Å²) in [6.07, 6.45) is 5.46. The Morgan fingerprint density at radius 2 is 2.00 bits per heavy atom. The minimum Gasteiger partial charge on any atom is -0.355 e. The largest absolute Gasteiger partial charge is 0.355 e. The molecular formula is C14H22Cl2N4O2. The van der Waals surface area contributed by atoms with E-state index in [1.54, 1.807) is 24.5 Å². The number of halogens is 2. The number of hydrogen-bond donors (Lipinski definition) is 3. The van der Waals surface area contributed by atoms with Gasteiger partial charge in [-0.1, -0.05) is 0 Å². The van der Waals surface area contributed by atoms with Crippen molar-refractivity contribution in [3.8, 4) is 0 Å². The fraction of sp³-hybridized carbons (Fsp3) is 0.500. The van der Waals surface area contributed by atoms with Crippen LogP contribution in [-0.4, -0.2) is 36.4 Å². The van der Waals surface area contributed by atoms with Crippen LogP contribution in [-0.2, 0) is 9.59 Å². The first-order valence-corrected chi connectivity index (χ1v) is 6.94.